The molecule has 0 bridgehead atoms. The maximum atomic E-state index is 6.78. The highest BCUT2D eigenvalue weighted by Crippen LogP contribution is 2.47. The molecule has 2 nitrogen and oxygen atoms in total. The van der Waals surface area contributed by atoms with Crippen LogP contribution in [0.3, 0.4) is 0 Å². The molecule has 0 aliphatic carbocycles. The lowest BCUT2D eigenvalue weighted by Gasteiger charge is -2.25. The van der Waals surface area contributed by atoms with Gasteiger partial charge in [0.2, 0.25) is 0 Å². The topological polar surface area (TPSA) is 26.3 Å². The summed E-state index contributed by atoms with van der Waals surface area (Å²) in [6.45, 7) is 0. The van der Waals surface area contributed by atoms with Gasteiger partial charge in [-0.15, -0.1) is 16.4 Å². The molecule has 53 heavy (non-hydrogen) atoms. The molecule has 0 aliphatic rings. The SMILES string of the molecule is [B]c1c([B])c([B])c(-c2c3ccccc3c(-c3cccc4oc5c(-c6ccc7oc(-c8ccccc8)cc7c6)cccc5c34)c3ccccc23)c([B])c1[B]. The Balaban J connectivity index is 1.23. The Bertz CT molecular complexity index is 3040. The minimum Gasteiger partial charge on any atom is -0.456 e. The first-order valence-corrected chi connectivity index (χ1v) is 17.4. The molecule has 10 radical (unpaired) electrons. The lowest BCUT2D eigenvalue weighted by Crippen LogP contribution is -2.55. The predicted octanol–water partition coefficient (Wildman–Crippen LogP) is 7.28. The Labute approximate surface area is 312 Å². The van der Waals surface area contributed by atoms with Gasteiger partial charge in [-0.25, -0.2) is 0 Å². The highest BCUT2D eigenvalue weighted by molar-refractivity contribution is 6.69. The van der Waals surface area contributed by atoms with Crippen molar-refractivity contribution < 1.29 is 8.83 Å². The molecule has 2 heterocycles. The summed E-state index contributed by atoms with van der Waals surface area (Å²) in [5.74, 6) is 0.837. The number of hydrogen-bond acceptors (Lipinski definition) is 2. The average Bonchev–Trinajstić information content (AvgIpc) is 3.81. The molecule has 0 spiro atoms. The number of hydrogen-bond donors (Lipinski definition) is 0. The average molecular weight is 662 g/mol. The van der Waals surface area contributed by atoms with Crippen molar-refractivity contribution in [2.45, 2.75) is 0 Å². The zero-order valence-corrected chi connectivity index (χ0v) is 28.5. The molecule has 234 valence electrons. The molecule has 0 fully saturated rings. The van der Waals surface area contributed by atoms with E-state index >= 15 is 0 Å². The lowest BCUT2D eigenvalue weighted by atomic mass is 9.59. The standard InChI is InChI=1S/C46H23B5O2/c47-41-40(42(48)44(50)45(51)43(41)49)39-30-14-6-4-12-28(30)37(29-13-5-7-15-31(29)39)32-17-9-19-35-38(32)33-18-8-16-27(46(33)53-35)25-20-21-34-26(22-25)23-36(52-34)24-10-2-1-3-11-24/h1-23H. The van der Waals surface area contributed by atoms with Crippen molar-refractivity contribution in [2.24, 2.45) is 0 Å². The molecule has 0 unspecified atom stereocenters. The Kier molecular flexibility index (Phi) is 7.17. The van der Waals surface area contributed by atoms with E-state index in [-0.39, 0.29) is 16.4 Å². The lowest BCUT2D eigenvalue weighted by molar-refractivity contribution is 0.631. The summed E-state index contributed by atoms with van der Waals surface area (Å²) in [4.78, 5) is 0. The fraction of sp³-hybridized carbons (Fsp3) is 0. The van der Waals surface area contributed by atoms with E-state index in [9.17, 15) is 0 Å². The second-order valence-electron chi connectivity index (χ2n) is 13.5. The molecule has 10 rings (SSSR count). The van der Waals surface area contributed by atoms with Crippen LogP contribution in [0.1, 0.15) is 0 Å². The molecular weight excluding hydrogens is 639 g/mol. The van der Waals surface area contributed by atoms with Gasteiger partial charge in [-0.05, 0) is 73.6 Å². The Hall–Kier alpha value is -6.06. The van der Waals surface area contributed by atoms with Crippen LogP contribution in [-0.2, 0) is 0 Å². The van der Waals surface area contributed by atoms with E-state index in [0.29, 0.717) is 16.5 Å². The van der Waals surface area contributed by atoms with Crippen LogP contribution < -0.4 is 27.3 Å². The first-order valence-electron chi connectivity index (χ1n) is 17.4. The van der Waals surface area contributed by atoms with Gasteiger partial charge in [-0.3, -0.25) is 0 Å². The van der Waals surface area contributed by atoms with E-state index < -0.39 is 0 Å². The van der Waals surface area contributed by atoms with Crippen molar-refractivity contribution in [3.8, 4) is 44.7 Å². The van der Waals surface area contributed by atoms with Gasteiger partial charge < -0.3 is 8.83 Å². The van der Waals surface area contributed by atoms with E-state index in [1.165, 1.54) is 0 Å². The maximum Gasteiger partial charge on any atom is 0.143 e. The summed E-state index contributed by atoms with van der Waals surface area (Å²) in [6, 6.07) is 47.7. The number of furan rings is 2. The Morgan fingerprint density at radius 2 is 0.925 bits per heavy atom. The monoisotopic (exact) mass is 662 g/mol. The smallest absolute Gasteiger partial charge is 0.143 e. The van der Waals surface area contributed by atoms with Crippen molar-refractivity contribution in [1.29, 1.82) is 0 Å². The highest BCUT2D eigenvalue weighted by Gasteiger charge is 2.23. The fourth-order valence-electron chi connectivity index (χ4n) is 8.05. The second kappa shape index (κ2) is 12.0. The van der Waals surface area contributed by atoms with Gasteiger partial charge in [0.05, 0.1) is 0 Å². The van der Waals surface area contributed by atoms with E-state index in [2.05, 4.69) is 84.9 Å². The van der Waals surface area contributed by atoms with Crippen LogP contribution in [0.5, 0.6) is 0 Å². The highest BCUT2D eigenvalue weighted by atomic mass is 16.3. The third-order valence-corrected chi connectivity index (χ3v) is 10.6. The first kappa shape index (κ1) is 31.7. The van der Waals surface area contributed by atoms with Crippen molar-refractivity contribution in [3.05, 3.63) is 140 Å². The van der Waals surface area contributed by atoms with Crippen molar-refractivity contribution in [3.63, 3.8) is 0 Å². The van der Waals surface area contributed by atoms with Gasteiger partial charge in [-0.1, -0.05) is 126 Å². The van der Waals surface area contributed by atoms with Gasteiger partial charge in [0.15, 0.2) is 0 Å². The van der Waals surface area contributed by atoms with E-state index in [0.717, 1.165) is 93.6 Å². The molecule has 0 amide bonds. The summed E-state index contributed by atoms with van der Waals surface area (Å²) in [6.07, 6.45) is 0. The number of fused-ring (bicyclic) bond motifs is 6. The van der Waals surface area contributed by atoms with Crippen molar-refractivity contribution >= 4 is 121 Å². The second-order valence-corrected chi connectivity index (χ2v) is 13.5. The molecule has 0 N–H and O–H groups in total. The minimum atomic E-state index is 0.188. The molecule has 0 atom stereocenters. The Morgan fingerprint density at radius 1 is 0.358 bits per heavy atom. The summed E-state index contributed by atoms with van der Waals surface area (Å²) in [7, 11) is 32.4. The van der Waals surface area contributed by atoms with Gasteiger partial charge in [0.1, 0.15) is 61.7 Å². The molecule has 0 saturated heterocycles. The third-order valence-electron chi connectivity index (χ3n) is 10.6. The quantitative estimate of drug-likeness (QED) is 0.147. The summed E-state index contributed by atoms with van der Waals surface area (Å²) < 4.78 is 13.0. The third kappa shape index (κ3) is 4.73. The van der Waals surface area contributed by atoms with Crippen LogP contribution in [-0.4, -0.2) is 39.2 Å². The van der Waals surface area contributed by atoms with E-state index in [4.69, 9.17) is 48.1 Å². The van der Waals surface area contributed by atoms with Gasteiger partial charge in [-0.2, -0.15) is 0 Å². The van der Waals surface area contributed by atoms with Crippen LogP contribution in [0.4, 0.5) is 0 Å². The molecule has 0 aliphatic heterocycles. The van der Waals surface area contributed by atoms with Crippen LogP contribution in [0.2, 0.25) is 0 Å². The molecule has 7 heteroatoms. The summed E-state index contributed by atoms with van der Waals surface area (Å²) in [5.41, 5.74) is 10.3. The van der Waals surface area contributed by atoms with Crippen LogP contribution in [0.15, 0.2) is 148 Å². The fourth-order valence-corrected chi connectivity index (χ4v) is 8.05. The largest absolute Gasteiger partial charge is 0.456 e. The summed E-state index contributed by atoms with van der Waals surface area (Å²) in [5, 5.41) is 7.03. The zero-order chi connectivity index (χ0) is 36.0. The van der Waals surface area contributed by atoms with Crippen LogP contribution >= 0.6 is 0 Å². The number of rotatable bonds is 4. The van der Waals surface area contributed by atoms with E-state index in [1.807, 2.05) is 54.6 Å². The zero-order valence-electron chi connectivity index (χ0n) is 28.5. The number of para-hydroxylation sites is 1. The van der Waals surface area contributed by atoms with Crippen molar-refractivity contribution in [1.82, 2.24) is 0 Å². The maximum absolute atomic E-state index is 6.78. The predicted molar refractivity (Wildman–Crippen MR) is 227 cm³/mol. The number of benzene rings is 8. The van der Waals surface area contributed by atoms with Crippen LogP contribution in [0.25, 0.3) is 99.2 Å². The Morgan fingerprint density at radius 3 is 1.60 bits per heavy atom. The van der Waals surface area contributed by atoms with Crippen molar-refractivity contribution in [2.75, 3.05) is 0 Å². The van der Waals surface area contributed by atoms with Gasteiger partial charge in [0.25, 0.3) is 0 Å². The minimum absolute atomic E-state index is 0.188. The summed E-state index contributed by atoms with van der Waals surface area (Å²) >= 11 is 0. The first-order chi connectivity index (χ1) is 25.9. The molecule has 2 aromatic heterocycles. The molecule has 10 aromatic rings. The normalized spacial score (nSPS) is 11.8. The molecule has 0 saturated carbocycles. The molecular formula is C46H23B5O2. The van der Waals surface area contributed by atoms with E-state index in [1.54, 1.807) is 0 Å². The van der Waals surface area contributed by atoms with Gasteiger partial charge >= 0.3 is 0 Å². The van der Waals surface area contributed by atoms with Gasteiger partial charge in [0, 0.05) is 27.3 Å². The molecule has 8 aromatic carbocycles. The van der Waals surface area contributed by atoms with Crippen LogP contribution in [0, 0.1) is 0 Å².